The van der Waals surface area contributed by atoms with Gasteiger partial charge in [-0.1, -0.05) is 47.0 Å². The first kappa shape index (κ1) is 19.1. The zero-order valence-corrected chi connectivity index (χ0v) is 15.5. The first-order chi connectivity index (χ1) is 8.74. The van der Waals surface area contributed by atoms with Gasteiger partial charge in [0, 0.05) is 6.61 Å². The van der Waals surface area contributed by atoms with Crippen LogP contribution in [0.3, 0.4) is 0 Å². The van der Waals surface area contributed by atoms with Gasteiger partial charge in [0.2, 0.25) is 0 Å². The lowest BCUT2D eigenvalue weighted by atomic mass is 9.79. The van der Waals surface area contributed by atoms with Crippen LogP contribution < -0.4 is 0 Å². The molecule has 0 spiro atoms. The van der Waals surface area contributed by atoms with Crippen LogP contribution in [0.4, 0.5) is 0 Å². The summed E-state index contributed by atoms with van der Waals surface area (Å²) in [6, 6.07) is 0. The Labute approximate surface area is 122 Å². The fraction of sp³-hybridized carbons (Fsp3) is 1.00. The Balaban J connectivity index is 4.96. The third-order valence-corrected chi connectivity index (χ3v) is 6.42. The molecule has 3 heteroatoms. The second-order valence-corrected chi connectivity index (χ2v) is 9.74. The molecule has 116 valence electrons. The Kier molecular flexibility index (Phi) is 8.49. The van der Waals surface area contributed by atoms with Crippen molar-refractivity contribution in [1.29, 1.82) is 0 Å². The van der Waals surface area contributed by atoms with Gasteiger partial charge in [-0.25, -0.2) is 0 Å². The molecule has 0 saturated heterocycles. The predicted octanol–water partition coefficient (Wildman–Crippen LogP) is 5.37. The summed E-state index contributed by atoms with van der Waals surface area (Å²) >= 11 is 0. The molecule has 0 rings (SSSR count). The second kappa shape index (κ2) is 8.43. The molecule has 0 fully saturated rings. The minimum Gasteiger partial charge on any atom is -0.395 e. The van der Waals surface area contributed by atoms with E-state index in [4.69, 9.17) is 8.85 Å². The molecule has 0 aliphatic rings. The van der Waals surface area contributed by atoms with E-state index in [1.807, 2.05) is 0 Å². The van der Waals surface area contributed by atoms with Crippen LogP contribution in [0.1, 0.15) is 67.2 Å². The van der Waals surface area contributed by atoms with Gasteiger partial charge < -0.3 is 8.85 Å². The molecule has 0 bridgehead atoms. The Bertz CT molecular complexity index is 239. The minimum atomic E-state index is -2.01. The fourth-order valence-electron chi connectivity index (χ4n) is 2.86. The Morgan fingerprint density at radius 3 is 1.89 bits per heavy atom. The van der Waals surface area contributed by atoms with Gasteiger partial charge in [-0.3, -0.25) is 0 Å². The molecule has 19 heavy (non-hydrogen) atoms. The summed E-state index contributed by atoms with van der Waals surface area (Å²) in [6.07, 6.45) is 4.79. The highest BCUT2D eigenvalue weighted by molar-refractivity contribution is 6.64. The Morgan fingerprint density at radius 2 is 1.53 bits per heavy atom. The molecule has 0 saturated carbocycles. The number of rotatable bonds is 10. The van der Waals surface area contributed by atoms with Crippen LogP contribution in [0.5, 0.6) is 0 Å². The summed E-state index contributed by atoms with van der Waals surface area (Å²) in [4.78, 5) is 0. The third kappa shape index (κ3) is 6.41. The van der Waals surface area contributed by atoms with Crippen LogP contribution in [0.2, 0.25) is 13.1 Å². The van der Waals surface area contributed by atoms with Crippen molar-refractivity contribution in [2.24, 2.45) is 11.8 Å². The van der Waals surface area contributed by atoms with Gasteiger partial charge in [-0.2, -0.15) is 0 Å². The van der Waals surface area contributed by atoms with Gasteiger partial charge in [0.05, 0.1) is 5.60 Å². The van der Waals surface area contributed by atoms with Crippen LogP contribution in [0.25, 0.3) is 0 Å². The molecule has 0 heterocycles. The maximum absolute atomic E-state index is 6.57. The van der Waals surface area contributed by atoms with Crippen LogP contribution >= 0.6 is 0 Å². The lowest BCUT2D eigenvalue weighted by Crippen LogP contribution is -2.49. The maximum Gasteiger partial charge on any atom is 0.332 e. The lowest BCUT2D eigenvalue weighted by molar-refractivity contribution is -0.0244. The van der Waals surface area contributed by atoms with Crippen molar-refractivity contribution >= 4 is 8.56 Å². The normalized spacial score (nSPS) is 17.5. The smallest absolute Gasteiger partial charge is 0.332 e. The topological polar surface area (TPSA) is 18.5 Å². The van der Waals surface area contributed by atoms with E-state index in [1.54, 1.807) is 0 Å². The second-order valence-electron chi connectivity index (χ2n) is 6.44. The summed E-state index contributed by atoms with van der Waals surface area (Å²) in [5.74, 6) is 1.32. The molecule has 0 aliphatic carbocycles. The highest BCUT2D eigenvalue weighted by atomic mass is 28.4. The van der Waals surface area contributed by atoms with E-state index in [-0.39, 0.29) is 5.60 Å². The molecule has 0 aromatic heterocycles. The van der Waals surface area contributed by atoms with Gasteiger partial charge in [0.15, 0.2) is 0 Å². The van der Waals surface area contributed by atoms with E-state index in [0.717, 1.165) is 25.4 Å². The summed E-state index contributed by atoms with van der Waals surface area (Å²) in [7, 11) is -2.01. The summed E-state index contributed by atoms with van der Waals surface area (Å²) in [5.41, 5.74) is -0.0453. The van der Waals surface area contributed by atoms with Gasteiger partial charge >= 0.3 is 8.56 Å². The van der Waals surface area contributed by atoms with Crippen molar-refractivity contribution < 1.29 is 8.85 Å². The quantitative estimate of drug-likeness (QED) is 0.503. The van der Waals surface area contributed by atoms with Crippen molar-refractivity contribution in [3.63, 3.8) is 0 Å². The van der Waals surface area contributed by atoms with Crippen molar-refractivity contribution in [2.45, 2.75) is 85.9 Å². The minimum absolute atomic E-state index is 0.0453. The van der Waals surface area contributed by atoms with Gasteiger partial charge in [-0.05, 0) is 45.2 Å². The molecule has 0 amide bonds. The lowest BCUT2D eigenvalue weighted by Gasteiger charge is -2.43. The Hall–Kier alpha value is 0.137. The van der Waals surface area contributed by atoms with E-state index < -0.39 is 8.56 Å². The number of hydrogen-bond donors (Lipinski definition) is 0. The summed E-state index contributed by atoms with van der Waals surface area (Å²) < 4.78 is 12.5. The SMILES string of the molecule is CCO[Si](C)(C)OC(C)(CC(CC)CC)C(C)CC. The molecule has 0 aliphatic heterocycles. The summed E-state index contributed by atoms with van der Waals surface area (Å²) in [5, 5.41) is 0. The monoisotopic (exact) mass is 288 g/mol. The van der Waals surface area contributed by atoms with Gasteiger partial charge in [0.1, 0.15) is 0 Å². The van der Waals surface area contributed by atoms with E-state index in [0.29, 0.717) is 5.92 Å². The van der Waals surface area contributed by atoms with Crippen LogP contribution in [0.15, 0.2) is 0 Å². The average Bonchev–Trinajstić information content (AvgIpc) is 2.34. The van der Waals surface area contributed by atoms with E-state index in [1.165, 1.54) is 12.8 Å². The third-order valence-electron chi connectivity index (χ3n) is 4.47. The zero-order valence-electron chi connectivity index (χ0n) is 14.5. The first-order valence-electron chi connectivity index (χ1n) is 8.08. The van der Waals surface area contributed by atoms with Crippen LogP contribution in [-0.4, -0.2) is 20.8 Å². The van der Waals surface area contributed by atoms with Crippen molar-refractivity contribution in [3.05, 3.63) is 0 Å². The fourth-order valence-corrected chi connectivity index (χ4v) is 5.03. The maximum atomic E-state index is 6.57. The molecular weight excluding hydrogens is 252 g/mol. The molecular formula is C16H36O2Si. The zero-order chi connectivity index (χ0) is 15.1. The van der Waals surface area contributed by atoms with Gasteiger partial charge in [-0.15, -0.1) is 0 Å². The van der Waals surface area contributed by atoms with E-state index in [2.05, 4.69) is 54.6 Å². The Morgan fingerprint density at radius 1 is 1.00 bits per heavy atom. The molecule has 2 unspecified atom stereocenters. The molecule has 2 atom stereocenters. The highest BCUT2D eigenvalue weighted by Gasteiger charge is 2.40. The molecule has 0 aromatic rings. The van der Waals surface area contributed by atoms with Crippen LogP contribution in [0, 0.1) is 11.8 Å². The van der Waals surface area contributed by atoms with E-state index >= 15 is 0 Å². The van der Waals surface area contributed by atoms with Crippen molar-refractivity contribution in [1.82, 2.24) is 0 Å². The van der Waals surface area contributed by atoms with Crippen LogP contribution in [-0.2, 0) is 8.85 Å². The average molecular weight is 289 g/mol. The largest absolute Gasteiger partial charge is 0.395 e. The highest BCUT2D eigenvalue weighted by Crippen LogP contribution is 2.36. The standard InChI is InChI=1S/C16H36O2Si/c1-9-14(5)16(6,13-15(10-2)11-3)18-19(7,8)17-12-4/h14-15H,9-13H2,1-8H3. The molecule has 2 nitrogen and oxygen atoms in total. The molecule has 0 N–H and O–H groups in total. The molecule has 0 aromatic carbocycles. The first-order valence-corrected chi connectivity index (χ1v) is 10.9. The van der Waals surface area contributed by atoms with Crippen molar-refractivity contribution in [3.8, 4) is 0 Å². The molecule has 0 radical (unpaired) electrons. The van der Waals surface area contributed by atoms with Gasteiger partial charge in [0.25, 0.3) is 0 Å². The predicted molar refractivity (Wildman–Crippen MR) is 86.7 cm³/mol. The van der Waals surface area contributed by atoms with E-state index in [9.17, 15) is 0 Å². The number of hydrogen-bond acceptors (Lipinski definition) is 2. The van der Waals surface area contributed by atoms with Crippen molar-refractivity contribution in [2.75, 3.05) is 6.61 Å². The summed E-state index contributed by atoms with van der Waals surface area (Å²) in [6.45, 7) is 18.6.